The Morgan fingerprint density at radius 1 is 1.07 bits per heavy atom. The van der Waals surface area contributed by atoms with Crippen LogP contribution in [0.4, 0.5) is 4.39 Å². The standard InChI is InChI=1S/C13H11FN/c1-10(11-6-8-15-9-7-11)12-4-2-3-5-13(12)14/h2-10H,1H2. The smallest absolute Gasteiger partial charge is 0.127 e. The number of hydrogen-bond acceptors (Lipinski definition) is 1. The molecule has 1 unspecified atom stereocenters. The molecule has 2 heteroatoms. The molecule has 1 aromatic heterocycles. The average molecular weight is 200 g/mol. The van der Waals surface area contributed by atoms with Gasteiger partial charge in [0.1, 0.15) is 5.82 Å². The molecule has 1 radical (unpaired) electrons. The highest BCUT2D eigenvalue weighted by atomic mass is 19.1. The molecular formula is C13H11FN. The minimum Gasteiger partial charge on any atom is -0.265 e. The third-order valence-corrected chi connectivity index (χ3v) is 2.39. The van der Waals surface area contributed by atoms with Crippen LogP contribution >= 0.6 is 0 Å². The molecule has 0 saturated carbocycles. The Balaban J connectivity index is 2.37. The predicted molar refractivity (Wildman–Crippen MR) is 57.8 cm³/mol. The van der Waals surface area contributed by atoms with Crippen LogP contribution in [0.3, 0.4) is 0 Å². The molecule has 0 aliphatic rings. The first-order valence-electron chi connectivity index (χ1n) is 4.76. The predicted octanol–water partition coefficient (Wildman–Crippen LogP) is 3.19. The first-order valence-corrected chi connectivity index (χ1v) is 4.76. The van der Waals surface area contributed by atoms with E-state index in [-0.39, 0.29) is 11.7 Å². The van der Waals surface area contributed by atoms with Gasteiger partial charge in [-0.05, 0) is 36.2 Å². The summed E-state index contributed by atoms with van der Waals surface area (Å²) in [6.45, 7) is 3.97. The van der Waals surface area contributed by atoms with Crippen molar-refractivity contribution in [2.45, 2.75) is 5.92 Å². The van der Waals surface area contributed by atoms with Crippen molar-refractivity contribution in [3.63, 3.8) is 0 Å². The topological polar surface area (TPSA) is 12.9 Å². The van der Waals surface area contributed by atoms with Crippen LogP contribution in [-0.2, 0) is 0 Å². The number of aromatic nitrogens is 1. The lowest BCUT2D eigenvalue weighted by molar-refractivity contribution is 0.608. The monoisotopic (exact) mass is 200 g/mol. The molecule has 2 aromatic rings. The van der Waals surface area contributed by atoms with Gasteiger partial charge in [0.05, 0.1) is 0 Å². The Morgan fingerprint density at radius 3 is 2.40 bits per heavy atom. The van der Waals surface area contributed by atoms with Gasteiger partial charge in [0.2, 0.25) is 0 Å². The minimum atomic E-state index is -0.214. The first kappa shape index (κ1) is 9.84. The second kappa shape index (κ2) is 4.22. The Bertz CT molecular complexity index is 439. The number of rotatable bonds is 2. The molecule has 0 fully saturated rings. The summed E-state index contributed by atoms with van der Waals surface area (Å²) in [5.74, 6) is -0.400. The highest BCUT2D eigenvalue weighted by Crippen LogP contribution is 2.24. The van der Waals surface area contributed by atoms with E-state index in [0.717, 1.165) is 5.56 Å². The summed E-state index contributed by atoms with van der Waals surface area (Å²) in [5.41, 5.74) is 1.58. The zero-order chi connectivity index (χ0) is 10.7. The number of pyridine rings is 1. The van der Waals surface area contributed by atoms with Crippen molar-refractivity contribution in [1.29, 1.82) is 0 Å². The summed E-state index contributed by atoms with van der Waals surface area (Å²) in [6.07, 6.45) is 3.38. The molecule has 75 valence electrons. The largest absolute Gasteiger partial charge is 0.265 e. The number of nitrogens with zero attached hydrogens (tertiary/aromatic N) is 1. The average Bonchev–Trinajstić information content (AvgIpc) is 2.30. The molecular weight excluding hydrogens is 189 g/mol. The van der Waals surface area contributed by atoms with Gasteiger partial charge in [0, 0.05) is 18.3 Å². The van der Waals surface area contributed by atoms with Crippen LogP contribution in [0.1, 0.15) is 17.0 Å². The van der Waals surface area contributed by atoms with Gasteiger partial charge >= 0.3 is 0 Å². The van der Waals surface area contributed by atoms with Gasteiger partial charge in [0.15, 0.2) is 0 Å². The summed E-state index contributed by atoms with van der Waals surface area (Å²) in [4.78, 5) is 3.92. The van der Waals surface area contributed by atoms with E-state index in [1.165, 1.54) is 6.07 Å². The highest BCUT2D eigenvalue weighted by Gasteiger charge is 2.11. The number of benzene rings is 1. The van der Waals surface area contributed by atoms with Crippen molar-refractivity contribution < 1.29 is 4.39 Å². The molecule has 1 nitrogen and oxygen atoms in total. The van der Waals surface area contributed by atoms with Crippen LogP contribution in [0, 0.1) is 12.7 Å². The van der Waals surface area contributed by atoms with Crippen LogP contribution in [-0.4, -0.2) is 4.98 Å². The van der Waals surface area contributed by atoms with Gasteiger partial charge in [-0.2, -0.15) is 0 Å². The molecule has 0 saturated heterocycles. The van der Waals surface area contributed by atoms with Crippen LogP contribution in [0.5, 0.6) is 0 Å². The van der Waals surface area contributed by atoms with Crippen molar-refractivity contribution in [3.8, 4) is 0 Å². The van der Waals surface area contributed by atoms with Gasteiger partial charge in [-0.3, -0.25) is 4.98 Å². The van der Waals surface area contributed by atoms with Gasteiger partial charge in [0.25, 0.3) is 0 Å². The Kier molecular flexibility index (Phi) is 2.77. The lowest BCUT2D eigenvalue weighted by Gasteiger charge is -2.12. The maximum atomic E-state index is 13.5. The van der Waals surface area contributed by atoms with Gasteiger partial charge in [-0.15, -0.1) is 0 Å². The fraction of sp³-hybridized carbons (Fsp3) is 0.0769. The summed E-state index contributed by atoms with van der Waals surface area (Å²) in [7, 11) is 0. The van der Waals surface area contributed by atoms with Crippen molar-refractivity contribution in [2.75, 3.05) is 0 Å². The van der Waals surface area contributed by atoms with Crippen LogP contribution in [0.25, 0.3) is 0 Å². The van der Waals surface area contributed by atoms with E-state index >= 15 is 0 Å². The molecule has 0 spiro atoms. The molecule has 0 bridgehead atoms. The van der Waals surface area contributed by atoms with Gasteiger partial charge < -0.3 is 0 Å². The molecule has 0 aliphatic carbocycles. The summed E-state index contributed by atoms with van der Waals surface area (Å²) in [6, 6.07) is 10.4. The Labute approximate surface area is 88.6 Å². The van der Waals surface area contributed by atoms with Gasteiger partial charge in [-0.1, -0.05) is 18.2 Å². The number of halogens is 1. The second-order valence-corrected chi connectivity index (χ2v) is 3.35. The maximum Gasteiger partial charge on any atom is 0.127 e. The summed E-state index contributed by atoms with van der Waals surface area (Å²) in [5, 5.41) is 0. The Morgan fingerprint density at radius 2 is 1.73 bits per heavy atom. The highest BCUT2D eigenvalue weighted by molar-refractivity contribution is 5.33. The van der Waals surface area contributed by atoms with E-state index in [0.29, 0.717) is 5.56 Å². The van der Waals surface area contributed by atoms with E-state index in [4.69, 9.17) is 0 Å². The molecule has 15 heavy (non-hydrogen) atoms. The molecule has 2 rings (SSSR count). The Hall–Kier alpha value is -1.70. The minimum absolute atomic E-state index is 0.186. The van der Waals surface area contributed by atoms with Gasteiger partial charge in [-0.25, -0.2) is 4.39 Å². The lowest BCUT2D eigenvalue weighted by atomic mass is 9.94. The lowest BCUT2D eigenvalue weighted by Crippen LogP contribution is -1.99. The molecule has 1 aromatic carbocycles. The first-order chi connectivity index (χ1) is 7.29. The van der Waals surface area contributed by atoms with E-state index in [9.17, 15) is 4.39 Å². The molecule has 1 atom stereocenters. The second-order valence-electron chi connectivity index (χ2n) is 3.35. The summed E-state index contributed by atoms with van der Waals surface area (Å²) >= 11 is 0. The SMILES string of the molecule is [CH2]C(c1ccncc1)c1ccccc1F. The van der Waals surface area contributed by atoms with E-state index in [2.05, 4.69) is 11.9 Å². The zero-order valence-electron chi connectivity index (χ0n) is 8.23. The maximum absolute atomic E-state index is 13.5. The van der Waals surface area contributed by atoms with E-state index < -0.39 is 0 Å². The van der Waals surface area contributed by atoms with Crippen molar-refractivity contribution in [3.05, 3.63) is 72.7 Å². The molecule has 0 amide bonds. The van der Waals surface area contributed by atoms with Crippen molar-refractivity contribution in [2.24, 2.45) is 0 Å². The van der Waals surface area contributed by atoms with E-state index in [1.54, 1.807) is 24.5 Å². The van der Waals surface area contributed by atoms with Crippen molar-refractivity contribution >= 4 is 0 Å². The molecule has 0 N–H and O–H groups in total. The molecule has 1 heterocycles. The molecule has 0 aliphatic heterocycles. The van der Waals surface area contributed by atoms with Crippen molar-refractivity contribution in [1.82, 2.24) is 4.98 Å². The zero-order valence-corrected chi connectivity index (χ0v) is 8.23. The normalized spacial score (nSPS) is 12.4. The quantitative estimate of drug-likeness (QED) is 0.725. The van der Waals surface area contributed by atoms with Crippen LogP contribution in [0.2, 0.25) is 0 Å². The van der Waals surface area contributed by atoms with E-state index in [1.807, 2.05) is 18.2 Å². The van der Waals surface area contributed by atoms with Crippen LogP contribution < -0.4 is 0 Å². The fourth-order valence-corrected chi connectivity index (χ4v) is 1.53. The summed E-state index contributed by atoms with van der Waals surface area (Å²) < 4.78 is 13.5. The third-order valence-electron chi connectivity index (χ3n) is 2.39. The third kappa shape index (κ3) is 2.04. The fourth-order valence-electron chi connectivity index (χ4n) is 1.53. The van der Waals surface area contributed by atoms with Crippen LogP contribution in [0.15, 0.2) is 48.8 Å². The number of hydrogen-bond donors (Lipinski definition) is 0.